The molecule has 2 aromatic rings. The highest BCUT2D eigenvalue weighted by Crippen LogP contribution is 2.29. The van der Waals surface area contributed by atoms with Crippen LogP contribution < -0.4 is 10.2 Å². The van der Waals surface area contributed by atoms with E-state index in [4.69, 9.17) is 0 Å². The molecule has 0 saturated heterocycles. The van der Waals surface area contributed by atoms with Crippen LogP contribution in [0.2, 0.25) is 0 Å². The third-order valence-electron chi connectivity index (χ3n) is 2.63. The SMILES string of the molecule is CCNc1nc(N(C)C)nc(-c2ccccc2)c1I. The van der Waals surface area contributed by atoms with E-state index in [1.54, 1.807) is 0 Å². The Morgan fingerprint density at radius 3 is 2.42 bits per heavy atom. The van der Waals surface area contributed by atoms with Crippen molar-refractivity contribution in [3.05, 3.63) is 33.9 Å². The number of benzene rings is 1. The molecule has 0 radical (unpaired) electrons. The first-order valence-corrected chi connectivity index (χ1v) is 7.25. The maximum atomic E-state index is 4.65. The third-order valence-corrected chi connectivity index (χ3v) is 3.65. The summed E-state index contributed by atoms with van der Waals surface area (Å²) in [5.41, 5.74) is 2.08. The van der Waals surface area contributed by atoms with E-state index in [9.17, 15) is 0 Å². The summed E-state index contributed by atoms with van der Waals surface area (Å²) < 4.78 is 1.05. The predicted molar refractivity (Wildman–Crippen MR) is 88.7 cm³/mol. The predicted octanol–water partition coefficient (Wildman–Crippen LogP) is 3.25. The third kappa shape index (κ3) is 3.15. The van der Waals surface area contributed by atoms with Gasteiger partial charge in [-0.05, 0) is 29.5 Å². The highest BCUT2D eigenvalue weighted by atomic mass is 127. The molecule has 0 amide bonds. The standard InChI is InChI=1S/C14H17IN4/c1-4-16-13-11(15)12(10-8-6-5-7-9-10)17-14(18-13)19(2)3/h5-9H,4H2,1-3H3,(H,16,17,18). The summed E-state index contributed by atoms with van der Waals surface area (Å²) in [6, 6.07) is 10.2. The molecular weight excluding hydrogens is 351 g/mol. The number of hydrogen-bond donors (Lipinski definition) is 1. The zero-order valence-corrected chi connectivity index (χ0v) is 13.5. The van der Waals surface area contributed by atoms with Crippen LogP contribution in [0.25, 0.3) is 11.3 Å². The summed E-state index contributed by atoms with van der Waals surface area (Å²) in [6.07, 6.45) is 0. The summed E-state index contributed by atoms with van der Waals surface area (Å²) in [4.78, 5) is 11.1. The number of aromatic nitrogens is 2. The normalized spacial score (nSPS) is 10.3. The van der Waals surface area contributed by atoms with E-state index in [0.717, 1.165) is 33.1 Å². The lowest BCUT2D eigenvalue weighted by Gasteiger charge is -2.16. The van der Waals surface area contributed by atoms with Crippen molar-refractivity contribution in [3.8, 4) is 11.3 Å². The second kappa shape index (κ2) is 6.18. The van der Waals surface area contributed by atoms with Crippen molar-refractivity contribution < 1.29 is 0 Å². The number of anilines is 2. The Labute approximate surface area is 127 Å². The summed E-state index contributed by atoms with van der Waals surface area (Å²) >= 11 is 2.30. The summed E-state index contributed by atoms with van der Waals surface area (Å²) in [7, 11) is 3.90. The molecule has 1 heterocycles. The van der Waals surface area contributed by atoms with Crippen molar-refractivity contribution in [2.75, 3.05) is 30.9 Å². The Morgan fingerprint density at radius 1 is 1.16 bits per heavy atom. The molecule has 1 N–H and O–H groups in total. The van der Waals surface area contributed by atoms with Crippen molar-refractivity contribution >= 4 is 34.4 Å². The van der Waals surface area contributed by atoms with Gasteiger partial charge >= 0.3 is 0 Å². The van der Waals surface area contributed by atoms with Gasteiger partial charge in [0.2, 0.25) is 5.95 Å². The first kappa shape index (κ1) is 14.0. The number of nitrogens with zero attached hydrogens (tertiary/aromatic N) is 3. The van der Waals surface area contributed by atoms with Gasteiger partial charge in [0, 0.05) is 26.2 Å². The molecular formula is C14H17IN4. The molecule has 0 fully saturated rings. The smallest absolute Gasteiger partial charge is 0.227 e. The molecule has 2 rings (SSSR count). The average Bonchev–Trinajstić information content (AvgIpc) is 2.42. The highest BCUT2D eigenvalue weighted by Gasteiger charge is 2.14. The molecule has 100 valence electrons. The molecule has 0 aliphatic rings. The molecule has 0 spiro atoms. The highest BCUT2D eigenvalue weighted by molar-refractivity contribution is 14.1. The van der Waals surface area contributed by atoms with Gasteiger partial charge in [0.25, 0.3) is 0 Å². The monoisotopic (exact) mass is 368 g/mol. The minimum atomic E-state index is 0.718. The van der Waals surface area contributed by atoms with Crippen LogP contribution in [0.15, 0.2) is 30.3 Å². The van der Waals surface area contributed by atoms with Crippen molar-refractivity contribution in [1.82, 2.24) is 9.97 Å². The lowest BCUT2D eigenvalue weighted by Crippen LogP contribution is -2.15. The van der Waals surface area contributed by atoms with Crippen molar-refractivity contribution in [2.24, 2.45) is 0 Å². The Bertz CT molecular complexity index is 555. The van der Waals surface area contributed by atoms with Crippen LogP contribution in [0.4, 0.5) is 11.8 Å². The van der Waals surface area contributed by atoms with Gasteiger partial charge in [-0.15, -0.1) is 0 Å². The number of hydrogen-bond acceptors (Lipinski definition) is 4. The molecule has 0 bridgehead atoms. The quantitative estimate of drug-likeness (QED) is 0.842. The van der Waals surface area contributed by atoms with E-state index in [1.165, 1.54) is 0 Å². The second-order valence-electron chi connectivity index (χ2n) is 4.33. The fourth-order valence-electron chi connectivity index (χ4n) is 1.71. The Morgan fingerprint density at radius 2 is 1.84 bits per heavy atom. The van der Waals surface area contributed by atoms with Crippen molar-refractivity contribution in [2.45, 2.75) is 6.92 Å². The van der Waals surface area contributed by atoms with Crippen LogP contribution in [0.1, 0.15) is 6.92 Å². The lowest BCUT2D eigenvalue weighted by molar-refractivity contribution is 0.990. The molecule has 0 unspecified atom stereocenters. The second-order valence-corrected chi connectivity index (χ2v) is 5.40. The molecule has 0 aliphatic heterocycles. The number of halogens is 1. The first-order chi connectivity index (χ1) is 9.13. The topological polar surface area (TPSA) is 41.1 Å². The number of rotatable bonds is 4. The molecule has 0 aliphatic carbocycles. The van der Waals surface area contributed by atoms with Crippen LogP contribution in [0, 0.1) is 3.57 Å². The van der Waals surface area contributed by atoms with Gasteiger partial charge in [-0.2, -0.15) is 4.98 Å². The first-order valence-electron chi connectivity index (χ1n) is 6.17. The molecule has 1 aromatic heterocycles. The van der Waals surface area contributed by atoms with Crippen LogP contribution in [0.5, 0.6) is 0 Å². The van der Waals surface area contributed by atoms with E-state index < -0.39 is 0 Å². The van der Waals surface area contributed by atoms with Crippen LogP contribution in [0.3, 0.4) is 0 Å². The van der Waals surface area contributed by atoms with Gasteiger partial charge in [-0.25, -0.2) is 4.98 Å². The lowest BCUT2D eigenvalue weighted by atomic mass is 10.1. The Kier molecular flexibility index (Phi) is 4.57. The molecule has 5 heteroatoms. The maximum absolute atomic E-state index is 4.65. The minimum Gasteiger partial charge on any atom is -0.369 e. The van der Waals surface area contributed by atoms with Crippen molar-refractivity contribution in [3.63, 3.8) is 0 Å². The minimum absolute atomic E-state index is 0.718. The number of nitrogens with one attached hydrogen (secondary N) is 1. The van der Waals surface area contributed by atoms with E-state index in [-0.39, 0.29) is 0 Å². The fourth-order valence-corrected chi connectivity index (χ4v) is 2.45. The largest absolute Gasteiger partial charge is 0.369 e. The van der Waals surface area contributed by atoms with E-state index in [1.807, 2.05) is 37.2 Å². The zero-order valence-electron chi connectivity index (χ0n) is 11.3. The van der Waals surface area contributed by atoms with Gasteiger partial charge < -0.3 is 10.2 Å². The van der Waals surface area contributed by atoms with E-state index in [2.05, 4.69) is 56.9 Å². The van der Waals surface area contributed by atoms with Gasteiger partial charge in [-0.3, -0.25) is 0 Å². The molecule has 1 aromatic carbocycles. The summed E-state index contributed by atoms with van der Waals surface area (Å²) in [5.74, 6) is 1.61. The van der Waals surface area contributed by atoms with Crippen LogP contribution in [-0.2, 0) is 0 Å². The van der Waals surface area contributed by atoms with Gasteiger partial charge in [-0.1, -0.05) is 30.3 Å². The summed E-state index contributed by atoms with van der Waals surface area (Å²) in [5, 5.41) is 3.30. The van der Waals surface area contributed by atoms with Gasteiger partial charge in [0.15, 0.2) is 0 Å². The summed E-state index contributed by atoms with van der Waals surface area (Å²) in [6.45, 7) is 2.91. The fraction of sp³-hybridized carbons (Fsp3) is 0.286. The Hall–Kier alpha value is -1.37. The van der Waals surface area contributed by atoms with E-state index >= 15 is 0 Å². The zero-order chi connectivity index (χ0) is 13.8. The average molecular weight is 368 g/mol. The molecule has 0 atom stereocenters. The van der Waals surface area contributed by atoms with Gasteiger partial charge in [0.05, 0.1) is 9.26 Å². The van der Waals surface area contributed by atoms with Gasteiger partial charge in [0.1, 0.15) is 5.82 Å². The molecule has 0 saturated carbocycles. The maximum Gasteiger partial charge on any atom is 0.227 e. The van der Waals surface area contributed by atoms with Crippen LogP contribution in [-0.4, -0.2) is 30.6 Å². The van der Waals surface area contributed by atoms with Crippen molar-refractivity contribution in [1.29, 1.82) is 0 Å². The Balaban J connectivity index is 2.59. The molecule has 19 heavy (non-hydrogen) atoms. The van der Waals surface area contributed by atoms with Crippen LogP contribution >= 0.6 is 22.6 Å². The van der Waals surface area contributed by atoms with E-state index in [0.29, 0.717) is 0 Å². The molecule has 4 nitrogen and oxygen atoms in total.